The molecule has 0 atom stereocenters. The average Bonchev–Trinajstić information content (AvgIpc) is 2.23. The van der Waals surface area contributed by atoms with Crippen molar-refractivity contribution in [2.45, 2.75) is 0 Å². The second-order valence-electron chi connectivity index (χ2n) is 3.09. The van der Waals surface area contributed by atoms with Crippen molar-refractivity contribution in [3.8, 4) is 0 Å². The second-order valence-corrected chi connectivity index (χ2v) is 3.09. The second kappa shape index (κ2) is 2.77. The number of hydrogen-bond acceptors (Lipinski definition) is 5. The normalized spacial score (nSPS) is 10.7. The molecule has 0 amide bonds. The number of hydrogen-bond donors (Lipinski definition) is 5. The van der Waals surface area contributed by atoms with Crippen molar-refractivity contribution in [3.05, 3.63) is 38.4 Å². The largest absolute Gasteiger partial charge is 0.413 e. The average molecular weight is 207 g/mol. The highest BCUT2D eigenvalue weighted by Gasteiger charge is 2.07. The lowest BCUT2D eigenvalue weighted by atomic mass is 10.2. The van der Waals surface area contributed by atoms with Crippen molar-refractivity contribution in [2.75, 3.05) is 11.5 Å². The fraction of sp³-hybridized carbons (Fsp3) is 0. The molecule has 0 saturated heterocycles. The lowest BCUT2D eigenvalue weighted by Gasteiger charge is -2.02. The van der Waals surface area contributed by atoms with Gasteiger partial charge < -0.3 is 16.7 Å². The van der Waals surface area contributed by atoms with Crippen LogP contribution in [0, 0.1) is 16.0 Å². The first-order valence-electron chi connectivity index (χ1n) is 4.09. The number of aromatic nitrogens is 2. The Labute approximate surface area is 82.7 Å². The summed E-state index contributed by atoms with van der Waals surface area (Å²) in [5.41, 5.74) is 10.2. The van der Waals surface area contributed by atoms with Crippen LogP contribution in [0.25, 0.3) is 0 Å². The maximum atomic E-state index is 11.6. The zero-order valence-electron chi connectivity index (χ0n) is 7.61. The van der Waals surface area contributed by atoms with E-state index in [0.29, 0.717) is 4.85 Å². The van der Waals surface area contributed by atoms with Gasteiger partial charge in [0.25, 0.3) is 0 Å². The van der Waals surface area contributed by atoms with Crippen LogP contribution in [0.15, 0.2) is 17.1 Å². The van der Waals surface area contributed by atoms with Crippen molar-refractivity contribution >= 4 is 11.4 Å². The van der Waals surface area contributed by atoms with Crippen LogP contribution in [0.4, 0.5) is 11.4 Å². The standard InChI is InChI=1S/C8H9N5O2/c9-4-5(10)7-3(8(14)6(4)11)1-2-13(15)12-7/h1-2,10,12,15H,9,11H2. The molecule has 2 rings (SSSR count). The smallest absolute Gasteiger partial charge is 0.213 e. The molecule has 7 nitrogen and oxygen atoms in total. The van der Waals surface area contributed by atoms with Gasteiger partial charge in [-0.05, 0) is 6.07 Å². The predicted octanol–water partition coefficient (Wildman–Crippen LogP) is -1.22. The lowest BCUT2D eigenvalue weighted by Crippen LogP contribution is -2.24. The molecule has 0 aromatic carbocycles. The first-order chi connectivity index (χ1) is 7.02. The summed E-state index contributed by atoms with van der Waals surface area (Å²) < 4.78 is 0. The topological polar surface area (TPSA) is 134 Å². The maximum absolute atomic E-state index is 11.6. The summed E-state index contributed by atoms with van der Waals surface area (Å²) in [6.07, 6.45) is 1.23. The third-order valence-electron chi connectivity index (χ3n) is 2.18. The quantitative estimate of drug-likeness (QED) is 0.346. The minimum atomic E-state index is -0.449. The van der Waals surface area contributed by atoms with Crippen LogP contribution in [-0.4, -0.2) is 15.2 Å². The lowest BCUT2D eigenvalue weighted by molar-refractivity contribution is 0.142. The Morgan fingerprint density at radius 3 is 2.73 bits per heavy atom. The molecule has 1 aliphatic carbocycles. The van der Waals surface area contributed by atoms with Crippen LogP contribution >= 0.6 is 0 Å². The van der Waals surface area contributed by atoms with E-state index >= 15 is 0 Å². The highest BCUT2D eigenvalue weighted by atomic mass is 16.5. The highest BCUT2D eigenvalue weighted by Crippen LogP contribution is 2.01. The van der Waals surface area contributed by atoms with E-state index in [2.05, 4.69) is 5.10 Å². The summed E-state index contributed by atoms with van der Waals surface area (Å²) in [5.74, 6) is 0. The molecular formula is C8H9N5O2. The number of H-pyrrole nitrogens is 1. The van der Waals surface area contributed by atoms with E-state index in [0.717, 1.165) is 0 Å². The maximum Gasteiger partial charge on any atom is 0.213 e. The van der Waals surface area contributed by atoms with E-state index in [-0.39, 0.29) is 27.3 Å². The van der Waals surface area contributed by atoms with Crippen LogP contribution in [0.1, 0.15) is 0 Å². The molecule has 1 aliphatic heterocycles. The van der Waals surface area contributed by atoms with Gasteiger partial charge in [-0.3, -0.25) is 15.3 Å². The molecule has 78 valence electrons. The number of aromatic amines is 1. The SMILES string of the molecule is N=c1c(N)c(N)c(=O)c2ccn(O)[nH]c1=2. The Kier molecular flexibility index (Phi) is 1.69. The number of nitrogens with zero attached hydrogens (tertiary/aromatic N) is 1. The molecule has 0 saturated carbocycles. The molecule has 0 fully saturated rings. The van der Waals surface area contributed by atoms with E-state index < -0.39 is 5.43 Å². The molecule has 7 N–H and O–H groups in total. The Morgan fingerprint density at radius 1 is 1.40 bits per heavy atom. The van der Waals surface area contributed by atoms with Gasteiger partial charge >= 0.3 is 0 Å². The van der Waals surface area contributed by atoms with Gasteiger partial charge in [-0.25, -0.2) is 0 Å². The molecule has 0 unspecified atom stereocenters. The molecule has 7 heteroatoms. The summed E-state index contributed by atoms with van der Waals surface area (Å²) in [6, 6.07) is 1.36. The van der Waals surface area contributed by atoms with Crippen molar-refractivity contribution in [2.24, 2.45) is 0 Å². The molecule has 0 aromatic heterocycles. The molecule has 1 heterocycles. The van der Waals surface area contributed by atoms with Crippen LogP contribution < -0.4 is 22.3 Å². The van der Waals surface area contributed by atoms with Gasteiger partial charge in [0.05, 0.1) is 22.5 Å². The number of rotatable bonds is 0. The molecule has 15 heavy (non-hydrogen) atoms. The monoisotopic (exact) mass is 207 g/mol. The molecule has 0 radical (unpaired) electrons. The van der Waals surface area contributed by atoms with Gasteiger partial charge in [0, 0.05) is 0 Å². The van der Waals surface area contributed by atoms with Crippen LogP contribution in [-0.2, 0) is 0 Å². The van der Waals surface area contributed by atoms with E-state index in [9.17, 15) is 4.79 Å². The zero-order chi connectivity index (χ0) is 11.2. The number of nitrogens with one attached hydrogen (secondary N) is 2. The van der Waals surface area contributed by atoms with Gasteiger partial charge in [0.2, 0.25) is 5.43 Å². The third-order valence-corrected chi connectivity index (χ3v) is 2.18. The van der Waals surface area contributed by atoms with Gasteiger partial charge in [0.15, 0.2) is 0 Å². The summed E-state index contributed by atoms with van der Waals surface area (Å²) in [4.78, 5) is 12.2. The Bertz CT molecular complexity index is 699. The van der Waals surface area contributed by atoms with Crippen molar-refractivity contribution in [1.82, 2.24) is 9.94 Å². The van der Waals surface area contributed by atoms with E-state index in [1.165, 1.54) is 12.3 Å². The summed E-state index contributed by atoms with van der Waals surface area (Å²) in [6.45, 7) is 0. The summed E-state index contributed by atoms with van der Waals surface area (Å²) >= 11 is 0. The molecular weight excluding hydrogens is 198 g/mol. The fourth-order valence-corrected chi connectivity index (χ4v) is 1.36. The molecule has 0 bridgehead atoms. The van der Waals surface area contributed by atoms with Crippen molar-refractivity contribution in [1.29, 1.82) is 5.41 Å². The number of nitrogens with two attached hydrogens (primary N) is 2. The predicted molar refractivity (Wildman–Crippen MR) is 52.2 cm³/mol. The van der Waals surface area contributed by atoms with Crippen LogP contribution in [0.2, 0.25) is 0 Å². The molecule has 0 aromatic rings. The first-order valence-corrected chi connectivity index (χ1v) is 4.09. The van der Waals surface area contributed by atoms with Crippen LogP contribution in [0.3, 0.4) is 0 Å². The van der Waals surface area contributed by atoms with Crippen molar-refractivity contribution < 1.29 is 5.21 Å². The minimum Gasteiger partial charge on any atom is -0.413 e. The number of nitrogen functional groups attached to an aromatic ring is 2. The van der Waals surface area contributed by atoms with Gasteiger partial charge in [-0.2, -0.15) is 0 Å². The van der Waals surface area contributed by atoms with E-state index in [4.69, 9.17) is 22.1 Å². The third kappa shape index (κ3) is 1.13. The minimum absolute atomic E-state index is 0.0880. The first kappa shape index (κ1) is 9.13. The Hall–Kier alpha value is -2.44. The summed E-state index contributed by atoms with van der Waals surface area (Å²) in [5, 5.41) is 19.4. The fourth-order valence-electron chi connectivity index (χ4n) is 1.36. The van der Waals surface area contributed by atoms with Crippen molar-refractivity contribution in [3.63, 3.8) is 0 Å². The summed E-state index contributed by atoms with van der Waals surface area (Å²) in [7, 11) is 0. The zero-order valence-corrected chi connectivity index (χ0v) is 7.61. The van der Waals surface area contributed by atoms with Crippen LogP contribution in [0.5, 0.6) is 0 Å². The van der Waals surface area contributed by atoms with E-state index in [1.54, 1.807) is 0 Å². The van der Waals surface area contributed by atoms with Gasteiger partial charge in [0.1, 0.15) is 11.0 Å². The molecule has 0 spiro atoms. The highest BCUT2D eigenvalue weighted by molar-refractivity contribution is 5.61. The van der Waals surface area contributed by atoms with Gasteiger partial charge in [-0.15, -0.1) is 4.85 Å². The Morgan fingerprint density at radius 2 is 2.07 bits per heavy atom. The van der Waals surface area contributed by atoms with Gasteiger partial charge in [-0.1, -0.05) is 0 Å². The number of anilines is 2. The Balaban J connectivity index is 3.27. The molecule has 2 aliphatic rings. The van der Waals surface area contributed by atoms with E-state index in [1.807, 2.05) is 0 Å².